The Kier molecular flexibility index (Phi) is 4.31. The molecule has 1 N–H and O–H groups in total. The van der Waals surface area contributed by atoms with Crippen LogP contribution in [0.1, 0.15) is 10.4 Å². The molecule has 0 atom stereocenters. The smallest absolute Gasteiger partial charge is 0.255 e. The number of carbonyl (C=O) groups is 1. The summed E-state index contributed by atoms with van der Waals surface area (Å²) >= 11 is 6.59. The predicted octanol–water partition coefficient (Wildman–Crippen LogP) is 4.74. The van der Waals surface area contributed by atoms with E-state index in [2.05, 4.69) is 37.2 Å². The zero-order valence-corrected chi connectivity index (χ0v) is 12.6. The number of nitrogens with one attached hydrogen (secondary N) is 1. The number of rotatable bonds is 2. The van der Waals surface area contributed by atoms with Gasteiger partial charge in [-0.1, -0.05) is 15.9 Å². The van der Waals surface area contributed by atoms with Gasteiger partial charge in [0.2, 0.25) is 0 Å². The van der Waals surface area contributed by atoms with Crippen molar-refractivity contribution in [3.8, 4) is 0 Å². The maximum atomic E-state index is 13.0. The molecule has 6 heteroatoms. The zero-order chi connectivity index (χ0) is 14.0. The van der Waals surface area contributed by atoms with Crippen molar-refractivity contribution in [2.24, 2.45) is 0 Å². The molecular formula is C13H7Br2F2NO. The van der Waals surface area contributed by atoms with Gasteiger partial charge in [0.1, 0.15) is 0 Å². The summed E-state index contributed by atoms with van der Waals surface area (Å²) in [6.07, 6.45) is 0. The Morgan fingerprint density at radius 1 is 1.00 bits per heavy atom. The average Bonchev–Trinajstić information content (AvgIpc) is 2.36. The van der Waals surface area contributed by atoms with Crippen LogP contribution in [0.3, 0.4) is 0 Å². The van der Waals surface area contributed by atoms with Gasteiger partial charge in [0.15, 0.2) is 11.6 Å². The molecule has 1 amide bonds. The molecule has 0 aliphatic heterocycles. The number of hydrogen-bond donors (Lipinski definition) is 1. The van der Waals surface area contributed by atoms with Crippen LogP contribution >= 0.6 is 31.9 Å². The van der Waals surface area contributed by atoms with Crippen LogP contribution < -0.4 is 5.32 Å². The second kappa shape index (κ2) is 5.79. The van der Waals surface area contributed by atoms with Gasteiger partial charge in [-0.3, -0.25) is 4.79 Å². The largest absolute Gasteiger partial charge is 0.321 e. The van der Waals surface area contributed by atoms with E-state index in [0.717, 1.165) is 16.6 Å². The van der Waals surface area contributed by atoms with E-state index in [-0.39, 0.29) is 5.56 Å². The molecule has 98 valence electrons. The number of halogens is 4. The first-order chi connectivity index (χ1) is 8.97. The molecule has 2 aromatic rings. The first kappa shape index (κ1) is 14.1. The molecule has 0 saturated heterocycles. The highest BCUT2D eigenvalue weighted by atomic mass is 79.9. The van der Waals surface area contributed by atoms with E-state index in [1.165, 1.54) is 6.07 Å². The molecule has 0 aliphatic carbocycles. The monoisotopic (exact) mass is 389 g/mol. The molecule has 2 nitrogen and oxygen atoms in total. The molecule has 0 fully saturated rings. The maximum Gasteiger partial charge on any atom is 0.255 e. The normalized spacial score (nSPS) is 10.3. The summed E-state index contributed by atoms with van der Waals surface area (Å²) in [6, 6.07) is 8.21. The van der Waals surface area contributed by atoms with E-state index < -0.39 is 17.5 Å². The van der Waals surface area contributed by atoms with Crippen LogP contribution in [0.2, 0.25) is 0 Å². The molecule has 0 heterocycles. The van der Waals surface area contributed by atoms with Crippen molar-refractivity contribution >= 4 is 43.5 Å². The van der Waals surface area contributed by atoms with Crippen LogP contribution in [-0.2, 0) is 0 Å². The lowest BCUT2D eigenvalue weighted by Gasteiger charge is -2.08. The molecule has 0 bridgehead atoms. The third-order valence-corrected chi connectivity index (χ3v) is 3.51. The van der Waals surface area contributed by atoms with Gasteiger partial charge in [0, 0.05) is 14.5 Å². The van der Waals surface area contributed by atoms with Crippen molar-refractivity contribution in [3.63, 3.8) is 0 Å². The fourth-order valence-corrected chi connectivity index (χ4v) is 2.57. The van der Waals surface area contributed by atoms with Crippen LogP contribution in [0, 0.1) is 11.6 Å². The summed E-state index contributed by atoms with van der Waals surface area (Å²) in [4.78, 5) is 11.9. The topological polar surface area (TPSA) is 29.1 Å². The quantitative estimate of drug-likeness (QED) is 0.788. The van der Waals surface area contributed by atoms with Gasteiger partial charge in [-0.2, -0.15) is 0 Å². The summed E-state index contributed by atoms with van der Waals surface area (Å²) in [6.45, 7) is 0. The summed E-state index contributed by atoms with van der Waals surface area (Å²) in [5.41, 5.74) is 0.589. The lowest BCUT2D eigenvalue weighted by Crippen LogP contribution is -2.12. The highest BCUT2D eigenvalue weighted by Gasteiger charge is 2.11. The van der Waals surface area contributed by atoms with Crippen LogP contribution in [-0.4, -0.2) is 5.91 Å². The minimum absolute atomic E-state index is 0.0497. The van der Waals surface area contributed by atoms with Crippen molar-refractivity contribution in [1.29, 1.82) is 0 Å². The number of amides is 1. The molecule has 2 aromatic carbocycles. The highest BCUT2D eigenvalue weighted by molar-refractivity contribution is 9.11. The second-order valence-corrected chi connectivity index (χ2v) is 5.48. The van der Waals surface area contributed by atoms with E-state index >= 15 is 0 Å². The Morgan fingerprint density at radius 3 is 2.37 bits per heavy atom. The Labute approximate surface area is 125 Å². The number of hydrogen-bond acceptors (Lipinski definition) is 1. The lowest BCUT2D eigenvalue weighted by molar-refractivity contribution is 0.102. The number of benzene rings is 2. The van der Waals surface area contributed by atoms with E-state index in [1.54, 1.807) is 18.2 Å². The summed E-state index contributed by atoms with van der Waals surface area (Å²) in [5.74, 6) is -2.55. The first-order valence-electron chi connectivity index (χ1n) is 5.19. The third-order valence-electron chi connectivity index (χ3n) is 2.36. The minimum Gasteiger partial charge on any atom is -0.321 e. The van der Waals surface area contributed by atoms with Gasteiger partial charge in [-0.25, -0.2) is 8.78 Å². The standard InChI is InChI=1S/C13H7Br2F2NO/c14-8-2-4-12(9(15)6-8)18-13(19)7-1-3-10(16)11(17)5-7/h1-6H,(H,18,19). The summed E-state index contributed by atoms with van der Waals surface area (Å²) < 4.78 is 27.3. The molecule has 19 heavy (non-hydrogen) atoms. The average molecular weight is 391 g/mol. The minimum atomic E-state index is -1.05. The lowest BCUT2D eigenvalue weighted by atomic mass is 10.2. The molecule has 0 radical (unpaired) electrons. The zero-order valence-electron chi connectivity index (χ0n) is 9.38. The first-order valence-corrected chi connectivity index (χ1v) is 6.77. The third kappa shape index (κ3) is 3.39. The van der Waals surface area contributed by atoms with Gasteiger partial charge < -0.3 is 5.32 Å². The summed E-state index contributed by atoms with van der Waals surface area (Å²) in [5, 5.41) is 2.60. The van der Waals surface area contributed by atoms with E-state index in [4.69, 9.17) is 0 Å². The Hall–Kier alpha value is -1.27. The molecule has 0 aliphatic rings. The molecule has 2 rings (SSSR count). The van der Waals surface area contributed by atoms with Crippen molar-refractivity contribution in [2.45, 2.75) is 0 Å². The van der Waals surface area contributed by atoms with Crippen molar-refractivity contribution in [3.05, 3.63) is 62.5 Å². The number of anilines is 1. The Bertz CT molecular complexity index is 647. The maximum absolute atomic E-state index is 13.0. The van der Waals surface area contributed by atoms with Crippen LogP contribution in [0.15, 0.2) is 45.3 Å². The van der Waals surface area contributed by atoms with Crippen molar-refractivity contribution < 1.29 is 13.6 Å². The predicted molar refractivity (Wildman–Crippen MR) is 76.2 cm³/mol. The van der Waals surface area contributed by atoms with Crippen LogP contribution in [0.5, 0.6) is 0 Å². The van der Waals surface area contributed by atoms with Gasteiger partial charge in [-0.15, -0.1) is 0 Å². The fraction of sp³-hybridized carbons (Fsp3) is 0. The Morgan fingerprint density at radius 2 is 1.74 bits per heavy atom. The fourth-order valence-electron chi connectivity index (χ4n) is 1.42. The molecule has 0 spiro atoms. The van der Waals surface area contributed by atoms with E-state index in [0.29, 0.717) is 10.2 Å². The molecule has 0 aromatic heterocycles. The van der Waals surface area contributed by atoms with E-state index in [1.807, 2.05) is 0 Å². The molecular weight excluding hydrogens is 384 g/mol. The SMILES string of the molecule is O=C(Nc1ccc(Br)cc1Br)c1ccc(F)c(F)c1. The summed E-state index contributed by atoms with van der Waals surface area (Å²) in [7, 11) is 0. The van der Waals surface area contributed by atoms with Gasteiger partial charge >= 0.3 is 0 Å². The molecule has 0 unspecified atom stereocenters. The second-order valence-electron chi connectivity index (χ2n) is 3.71. The highest BCUT2D eigenvalue weighted by Crippen LogP contribution is 2.26. The van der Waals surface area contributed by atoms with Gasteiger partial charge in [-0.05, 0) is 52.3 Å². The molecule has 0 saturated carbocycles. The van der Waals surface area contributed by atoms with Gasteiger partial charge in [0.25, 0.3) is 5.91 Å². The van der Waals surface area contributed by atoms with Crippen molar-refractivity contribution in [2.75, 3.05) is 5.32 Å². The van der Waals surface area contributed by atoms with E-state index in [9.17, 15) is 13.6 Å². The van der Waals surface area contributed by atoms with Gasteiger partial charge in [0.05, 0.1) is 5.69 Å². The van der Waals surface area contributed by atoms with Crippen LogP contribution in [0.25, 0.3) is 0 Å². The van der Waals surface area contributed by atoms with Crippen molar-refractivity contribution in [1.82, 2.24) is 0 Å². The number of carbonyl (C=O) groups excluding carboxylic acids is 1. The Balaban J connectivity index is 2.23. The van der Waals surface area contributed by atoms with Crippen LogP contribution in [0.4, 0.5) is 14.5 Å².